The molecule has 0 aliphatic carbocycles. The SMILES string of the molecule is CCc1c(O)nc(-c2c(Cl)cccc2OC)[nH]c1=O. The second-order valence-electron chi connectivity index (χ2n) is 3.89. The Kier molecular flexibility index (Phi) is 3.76. The molecule has 0 radical (unpaired) electrons. The fourth-order valence-electron chi connectivity index (χ4n) is 1.83. The highest BCUT2D eigenvalue weighted by Crippen LogP contribution is 2.34. The number of aromatic hydroxyl groups is 1. The van der Waals surface area contributed by atoms with Crippen LogP contribution >= 0.6 is 11.6 Å². The Balaban J connectivity index is 2.70. The van der Waals surface area contributed by atoms with Gasteiger partial charge in [0.05, 0.1) is 23.3 Å². The Labute approximate surface area is 114 Å². The van der Waals surface area contributed by atoms with E-state index in [9.17, 15) is 9.90 Å². The molecule has 0 saturated heterocycles. The zero-order chi connectivity index (χ0) is 14.0. The van der Waals surface area contributed by atoms with Crippen molar-refractivity contribution in [1.82, 2.24) is 9.97 Å². The summed E-state index contributed by atoms with van der Waals surface area (Å²) in [6.07, 6.45) is 0.397. The first-order chi connectivity index (χ1) is 9.08. The summed E-state index contributed by atoms with van der Waals surface area (Å²) >= 11 is 6.10. The van der Waals surface area contributed by atoms with Crippen molar-refractivity contribution in [3.63, 3.8) is 0 Å². The largest absolute Gasteiger partial charge is 0.496 e. The van der Waals surface area contributed by atoms with E-state index in [2.05, 4.69) is 9.97 Å². The maximum absolute atomic E-state index is 11.8. The summed E-state index contributed by atoms with van der Waals surface area (Å²) in [7, 11) is 1.49. The van der Waals surface area contributed by atoms with E-state index >= 15 is 0 Å². The summed E-state index contributed by atoms with van der Waals surface area (Å²) in [5.41, 5.74) is 0.309. The number of H-pyrrole nitrogens is 1. The molecule has 0 aliphatic rings. The highest BCUT2D eigenvalue weighted by atomic mass is 35.5. The molecule has 0 unspecified atom stereocenters. The Morgan fingerprint density at radius 1 is 1.47 bits per heavy atom. The van der Waals surface area contributed by atoms with Gasteiger partial charge in [-0.2, -0.15) is 4.98 Å². The van der Waals surface area contributed by atoms with Crippen molar-refractivity contribution in [3.05, 3.63) is 39.1 Å². The van der Waals surface area contributed by atoms with Crippen LogP contribution < -0.4 is 10.3 Å². The van der Waals surface area contributed by atoms with Crippen molar-refractivity contribution >= 4 is 11.6 Å². The number of methoxy groups -OCH3 is 1. The van der Waals surface area contributed by atoms with E-state index in [1.54, 1.807) is 25.1 Å². The molecular formula is C13H13ClN2O3. The Hall–Kier alpha value is -2.01. The average molecular weight is 281 g/mol. The molecule has 2 rings (SSSR count). The van der Waals surface area contributed by atoms with Crippen LogP contribution in [0.2, 0.25) is 5.02 Å². The van der Waals surface area contributed by atoms with Crippen molar-refractivity contribution in [1.29, 1.82) is 0 Å². The van der Waals surface area contributed by atoms with Gasteiger partial charge in [-0.3, -0.25) is 4.79 Å². The van der Waals surface area contributed by atoms with Gasteiger partial charge < -0.3 is 14.8 Å². The predicted molar refractivity (Wildman–Crippen MR) is 72.9 cm³/mol. The minimum absolute atomic E-state index is 0.183. The van der Waals surface area contributed by atoms with Crippen LogP contribution in [0.4, 0.5) is 0 Å². The summed E-state index contributed by atoms with van der Waals surface area (Å²) in [5.74, 6) is 0.365. The molecule has 0 atom stereocenters. The first-order valence-corrected chi connectivity index (χ1v) is 6.11. The van der Waals surface area contributed by atoms with Crippen LogP contribution in [0.3, 0.4) is 0 Å². The van der Waals surface area contributed by atoms with Crippen molar-refractivity contribution in [2.24, 2.45) is 0 Å². The van der Waals surface area contributed by atoms with Crippen LogP contribution in [0.15, 0.2) is 23.0 Å². The van der Waals surface area contributed by atoms with Crippen molar-refractivity contribution in [2.45, 2.75) is 13.3 Å². The van der Waals surface area contributed by atoms with E-state index in [1.165, 1.54) is 7.11 Å². The first-order valence-electron chi connectivity index (χ1n) is 5.73. The molecule has 1 heterocycles. The molecule has 6 heteroatoms. The number of halogens is 1. The Morgan fingerprint density at radius 3 is 2.79 bits per heavy atom. The number of hydrogen-bond donors (Lipinski definition) is 2. The van der Waals surface area contributed by atoms with Crippen LogP contribution in [0.25, 0.3) is 11.4 Å². The topological polar surface area (TPSA) is 75.2 Å². The van der Waals surface area contributed by atoms with Gasteiger partial charge >= 0.3 is 0 Å². The summed E-state index contributed by atoms with van der Waals surface area (Å²) in [6.45, 7) is 1.77. The van der Waals surface area contributed by atoms with Crippen molar-refractivity contribution in [2.75, 3.05) is 7.11 Å². The average Bonchev–Trinajstić information content (AvgIpc) is 2.37. The van der Waals surface area contributed by atoms with Gasteiger partial charge in [0, 0.05) is 0 Å². The van der Waals surface area contributed by atoms with Gasteiger partial charge in [0.1, 0.15) is 11.6 Å². The molecule has 0 amide bonds. The zero-order valence-electron chi connectivity index (χ0n) is 10.5. The summed E-state index contributed by atoms with van der Waals surface area (Å²) in [4.78, 5) is 18.4. The lowest BCUT2D eigenvalue weighted by molar-refractivity contribution is 0.415. The van der Waals surface area contributed by atoms with Gasteiger partial charge in [-0.25, -0.2) is 0 Å². The lowest BCUT2D eigenvalue weighted by Crippen LogP contribution is -2.14. The fourth-order valence-corrected chi connectivity index (χ4v) is 2.08. The number of hydrogen-bond acceptors (Lipinski definition) is 4. The first kappa shape index (κ1) is 13.4. The van der Waals surface area contributed by atoms with Gasteiger partial charge in [-0.05, 0) is 18.6 Å². The summed E-state index contributed by atoms with van der Waals surface area (Å²) in [6, 6.07) is 5.08. The number of nitrogens with one attached hydrogen (secondary N) is 1. The number of ether oxygens (including phenoxy) is 1. The Morgan fingerprint density at radius 2 is 2.21 bits per heavy atom. The van der Waals surface area contributed by atoms with E-state index in [1.807, 2.05) is 0 Å². The quantitative estimate of drug-likeness (QED) is 0.905. The van der Waals surface area contributed by atoms with Crippen LogP contribution in [0.1, 0.15) is 12.5 Å². The molecule has 1 aromatic carbocycles. The molecule has 1 aromatic heterocycles. The van der Waals surface area contributed by atoms with E-state index < -0.39 is 0 Å². The molecular weight excluding hydrogens is 268 g/mol. The monoisotopic (exact) mass is 280 g/mol. The molecule has 100 valence electrons. The van der Waals surface area contributed by atoms with Crippen LogP contribution in [0, 0.1) is 0 Å². The number of aromatic nitrogens is 2. The summed E-state index contributed by atoms with van der Waals surface area (Å²) < 4.78 is 5.19. The van der Waals surface area contributed by atoms with E-state index in [0.717, 1.165) is 0 Å². The molecule has 5 nitrogen and oxygen atoms in total. The van der Waals surface area contributed by atoms with Gasteiger partial charge in [0.15, 0.2) is 0 Å². The van der Waals surface area contributed by atoms with Gasteiger partial charge in [0.25, 0.3) is 5.56 Å². The molecule has 0 bridgehead atoms. The standard InChI is InChI=1S/C13H13ClN2O3/c1-3-7-12(17)15-11(16-13(7)18)10-8(14)5-4-6-9(10)19-2/h4-6H,3H2,1-2H3,(H2,15,16,17,18). The molecule has 0 aliphatic heterocycles. The van der Waals surface area contributed by atoms with E-state index in [4.69, 9.17) is 16.3 Å². The van der Waals surface area contributed by atoms with Crippen LogP contribution in [0.5, 0.6) is 11.6 Å². The molecule has 0 fully saturated rings. The number of nitrogens with zero attached hydrogens (tertiary/aromatic N) is 1. The third-order valence-electron chi connectivity index (χ3n) is 2.78. The van der Waals surface area contributed by atoms with Crippen molar-refractivity contribution < 1.29 is 9.84 Å². The minimum atomic E-state index is -0.382. The zero-order valence-corrected chi connectivity index (χ0v) is 11.3. The predicted octanol–water partition coefficient (Wildman–Crippen LogP) is 2.37. The highest BCUT2D eigenvalue weighted by Gasteiger charge is 2.16. The molecule has 0 spiro atoms. The van der Waals surface area contributed by atoms with Crippen molar-refractivity contribution in [3.8, 4) is 23.0 Å². The lowest BCUT2D eigenvalue weighted by Gasteiger charge is -2.10. The number of aromatic amines is 1. The fraction of sp³-hybridized carbons (Fsp3) is 0.231. The maximum Gasteiger partial charge on any atom is 0.258 e. The lowest BCUT2D eigenvalue weighted by atomic mass is 10.1. The second-order valence-corrected chi connectivity index (χ2v) is 4.29. The molecule has 2 N–H and O–H groups in total. The van der Waals surface area contributed by atoms with E-state index in [0.29, 0.717) is 22.8 Å². The van der Waals surface area contributed by atoms with Crippen LogP contribution in [-0.2, 0) is 6.42 Å². The third-order valence-corrected chi connectivity index (χ3v) is 3.09. The van der Waals surface area contributed by atoms with Gasteiger partial charge in [-0.15, -0.1) is 0 Å². The second kappa shape index (κ2) is 5.32. The smallest absolute Gasteiger partial charge is 0.258 e. The van der Waals surface area contributed by atoms with Gasteiger partial charge in [-0.1, -0.05) is 24.6 Å². The maximum atomic E-state index is 11.8. The highest BCUT2D eigenvalue weighted by molar-refractivity contribution is 6.33. The number of rotatable bonds is 3. The Bertz CT molecular complexity index is 667. The normalized spacial score (nSPS) is 10.5. The molecule has 0 saturated carbocycles. The molecule has 2 aromatic rings. The minimum Gasteiger partial charge on any atom is -0.496 e. The van der Waals surface area contributed by atoms with Crippen LogP contribution in [-0.4, -0.2) is 22.2 Å². The molecule has 19 heavy (non-hydrogen) atoms. The third kappa shape index (κ3) is 2.42. The summed E-state index contributed by atoms with van der Waals surface area (Å²) in [5, 5.41) is 10.2. The van der Waals surface area contributed by atoms with E-state index in [-0.39, 0.29) is 22.8 Å². The van der Waals surface area contributed by atoms with Gasteiger partial charge in [0.2, 0.25) is 5.88 Å². The number of benzene rings is 1.